The summed E-state index contributed by atoms with van der Waals surface area (Å²) in [5, 5.41) is 12.7. The molecule has 0 aliphatic carbocycles. The van der Waals surface area contributed by atoms with E-state index in [-0.39, 0.29) is 5.92 Å². The van der Waals surface area contributed by atoms with E-state index in [2.05, 4.69) is 14.7 Å². The molecule has 1 aromatic rings. The molecule has 90 valence electrons. The number of carboxylic acids is 1. The number of hydrogen-bond acceptors (Lipinski definition) is 5. The standard InChI is InChI=1S/C10H17N3O2S/c1-4-8-12-10(16-13-8)11-5-7(6(2)3)9(14)15/h6-7H,4-5H2,1-3H3,(H,14,15)(H,11,12,13). The van der Waals surface area contributed by atoms with Crippen LogP contribution < -0.4 is 5.32 Å². The van der Waals surface area contributed by atoms with Gasteiger partial charge in [0.05, 0.1) is 5.92 Å². The minimum absolute atomic E-state index is 0.101. The van der Waals surface area contributed by atoms with Crippen molar-refractivity contribution in [2.45, 2.75) is 27.2 Å². The molecule has 0 saturated heterocycles. The minimum Gasteiger partial charge on any atom is -0.481 e. The lowest BCUT2D eigenvalue weighted by Gasteiger charge is -2.15. The lowest BCUT2D eigenvalue weighted by Crippen LogP contribution is -2.27. The molecule has 0 fully saturated rings. The Hall–Kier alpha value is -1.17. The quantitative estimate of drug-likeness (QED) is 0.797. The molecule has 16 heavy (non-hydrogen) atoms. The van der Waals surface area contributed by atoms with Crippen molar-refractivity contribution in [3.8, 4) is 0 Å². The van der Waals surface area contributed by atoms with E-state index in [1.54, 1.807) is 0 Å². The monoisotopic (exact) mass is 243 g/mol. The third-order valence-electron chi connectivity index (χ3n) is 2.38. The molecule has 1 aromatic heterocycles. The van der Waals surface area contributed by atoms with Crippen molar-refractivity contribution in [1.82, 2.24) is 9.36 Å². The highest BCUT2D eigenvalue weighted by Gasteiger charge is 2.21. The van der Waals surface area contributed by atoms with Crippen molar-refractivity contribution in [2.75, 3.05) is 11.9 Å². The van der Waals surface area contributed by atoms with Gasteiger partial charge in [-0.3, -0.25) is 4.79 Å². The molecule has 1 atom stereocenters. The highest BCUT2D eigenvalue weighted by atomic mass is 32.1. The summed E-state index contributed by atoms with van der Waals surface area (Å²) in [7, 11) is 0. The minimum atomic E-state index is -0.775. The molecule has 5 nitrogen and oxygen atoms in total. The van der Waals surface area contributed by atoms with Crippen LogP contribution in [0.2, 0.25) is 0 Å². The average molecular weight is 243 g/mol. The van der Waals surface area contributed by atoms with Crippen molar-refractivity contribution in [1.29, 1.82) is 0 Å². The third kappa shape index (κ3) is 3.44. The molecule has 0 radical (unpaired) electrons. The van der Waals surface area contributed by atoms with Crippen LogP contribution in [0, 0.1) is 11.8 Å². The number of carboxylic acid groups (broad SMARTS) is 1. The number of nitrogens with one attached hydrogen (secondary N) is 1. The Morgan fingerprint density at radius 3 is 2.69 bits per heavy atom. The van der Waals surface area contributed by atoms with Crippen molar-refractivity contribution in [3.05, 3.63) is 5.82 Å². The van der Waals surface area contributed by atoms with Crippen LogP contribution in [-0.4, -0.2) is 27.0 Å². The van der Waals surface area contributed by atoms with Gasteiger partial charge in [-0.2, -0.15) is 4.37 Å². The van der Waals surface area contributed by atoms with Gasteiger partial charge in [-0.15, -0.1) is 0 Å². The number of hydrogen-bond donors (Lipinski definition) is 2. The molecular formula is C10H17N3O2S. The van der Waals surface area contributed by atoms with E-state index in [1.807, 2.05) is 20.8 Å². The summed E-state index contributed by atoms with van der Waals surface area (Å²) in [6.45, 7) is 6.18. The lowest BCUT2D eigenvalue weighted by atomic mass is 9.96. The van der Waals surface area contributed by atoms with Crippen LogP contribution in [0.4, 0.5) is 5.13 Å². The van der Waals surface area contributed by atoms with Gasteiger partial charge in [0.25, 0.3) is 0 Å². The molecule has 0 aromatic carbocycles. The van der Waals surface area contributed by atoms with Gasteiger partial charge in [-0.05, 0) is 5.92 Å². The van der Waals surface area contributed by atoms with Crippen LogP contribution in [0.1, 0.15) is 26.6 Å². The maximum Gasteiger partial charge on any atom is 0.308 e. The first-order valence-electron chi connectivity index (χ1n) is 5.33. The van der Waals surface area contributed by atoms with Gasteiger partial charge >= 0.3 is 5.97 Å². The second-order valence-electron chi connectivity index (χ2n) is 3.94. The fraction of sp³-hybridized carbons (Fsp3) is 0.700. The Balaban J connectivity index is 2.52. The number of anilines is 1. The first-order chi connectivity index (χ1) is 7.54. The van der Waals surface area contributed by atoms with Crippen molar-refractivity contribution in [2.24, 2.45) is 11.8 Å². The molecule has 0 bridgehead atoms. The smallest absolute Gasteiger partial charge is 0.308 e. The molecule has 0 saturated carbocycles. The zero-order valence-electron chi connectivity index (χ0n) is 9.73. The second-order valence-corrected chi connectivity index (χ2v) is 4.69. The zero-order valence-corrected chi connectivity index (χ0v) is 10.5. The molecule has 2 N–H and O–H groups in total. The summed E-state index contributed by atoms with van der Waals surface area (Å²) in [5.41, 5.74) is 0. The Bertz CT molecular complexity index is 352. The molecular weight excluding hydrogens is 226 g/mol. The van der Waals surface area contributed by atoms with Gasteiger partial charge in [0, 0.05) is 24.5 Å². The van der Waals surface area contributed by atoms with Gasteiger partial charge in [-0.25, -0.2) is 4.98 Å². The van der Waals surface area contributed by atoms with Gasteiger partial charge in [-0.1, -0.05) is 20.8 Å². The predicted molar refractivity (Wildman–Crippen MR) is 63.7 cm³/mol. The van der Waals surface area contributed by atoms with Crippen LogP contribution in [0.15, 0.2) is 0 Å². The fourth-order valence-electron chi connectivity index (χ4n) is 1.27. The summed E-state index contributed by atoms with van der Waals surface area (Å²) < 4.78 is 4.12. The van der Waals surface area contributed by atoms with E-state index in [0.717, 1.165) is 12.2 Å². The van der Waals surface area contributed by atoms with Crippen LogP contribution in [0.5, 0.6) is 0 Å². The van der Waals surface area contributed by atoms with E-state index < -0.39 is 11.9 Å². The summed E-state index contributed by atoms with van der Waals surface area (Å²) in [4.78, 5) is 15.2. The van der Waals surface area contributed by atoms with E-state index >= 15 is 0 Å². The maximum absolute atomic E-state index is 11.0. The van der Waals surface area contributed by atoms with Crippen molar-refractivity contribution < 1.29 is 9.90 Å². The molecule has 0 aliphatic heterocycles. The Kier molecular flexibility index (Phi) is 4.67. The molecule has 6 heteroatoms. The van der Waals surface area contributed by atoms with Crippen LogP contribution in [-0.2, 0) is 11.2 Å². The van der Waals surface area contributed by atoms with Gasteiger partial charge in [0.15, 0.2) is 0 Å². The molecule has 1 heterocycles. The average Bonchev–Trinajstić information content (AvgIpc) is 2.65. The highest BCUT2D eigenvalue weighted by Crippen LogP contribution is 2.15. The van der Waals surface area contributed by atoms with Gasteiger partial charge < -0.3 is 10.4 Å². The normalized spacial score (nSPS) is 12.8. The van der Waals surface area contributed by atoms with Gasteiger partial charge in [0.1, 0.15) is 5.82 Å². The Morgan fingerprint density at radius 2 is 2.25 bits per heavy atom. The largest absolute Gasteiger partial charge is 0.481 e. The van der Waals surface area contributed by atoms with Crippen LogP contribution in [0.25, 0.3) is 0 Å². The summed E-state index contributed by atoms with van der Waals surface area (Å²) >= 11 is 1.27. The second kappa shape index (κ2) is 5.79. The summed E-state index contributed by atoms with van der Waals surface area (Å²) in [6.07, 6.45) is 0.796. The Labute approximate surface area is 99.1 Å². The molecule has 1 rings (SSSR count). The summed E-state index contributed by atoms with van der Waals surface area (Å²) in [6, 6.07) is 0. The topological polar surface area (TPSA) is 75.1 Å². The van der Waals surface area contributed by atoms with E-state index in [1.165, 1.54) is 11.5 Å². The van der Waals surface area contributed by atoms with Gasteiger partial charge in [0.2, 0.25) is 5.13 Å². The van der Waals surface area contributed by atoms with Crippen molar-refractivity contribution in [3.63, 3.8) is 0 Å². The number of carbonyl (C=O) groups is 1. The highest BCUT2D eigenvalue weighted by molar-refractivity contribution is 7.09. The molecule has 0 spiro atoms. The van der Waals surface area contributed by atoms with E-state index in [4.69, 9.17) is 5.11 Å². The lowest BCUT2D eigenvalue weighted by molar-refractivity contribution is -0.142. The van der Waals surface area contributed by atoms with E-state index in [0.29, 0.717) is 11.7 Å². The number of aromatic nitrogens is 2. The number of nitrogens with zero attached hydrogens (tertiary/aromatic N) is 2. The third-order valence-corrected chi connectivity index (χ3v) is 3.09. The maximum atomic E-state index is 11.0. The van der Waals surface area contributed by atoms with E-state index in [9.17, 15) is 4.79 Å². The number of aliphatic carboxylic acids is 1. The SMILES string of the molecule is CCc1nsc(NCC(C(=O)O)C(C)C)n1. The van der Waals surface area contributed by atoms with Crippen LogP contribution >= 0.6 is 11.5 Å². The molecule has 0 aliphatic rings. The zero-order chi connectivity index (χ0) is 12.1. The fourth-order valence-corrected chi connectivity index (χ4v) is 1.93. The van der Waals surface area contributed by atoms with Crippen molar-refractivity contribution >= 4 is 22.6 Å². The molecule has 0 amide bonds. The predicted octanol–water partition coefficient (Wildman–Crippen LogP) is 1.87. The molecule has 1 unspecified atom stereocenters. The number of rotatable bonds is 6. The Morgan fingerprint density at radius 1 is 1.56 bits per heavy atom. The summed E-state index contributed by atoms with van der Waals surface area (Å²) in [5.74, 6) is -0.274. The first-order valence-corrected chi connectivity index (χ1v) is 6.11. The first kappa shape index (κ1) is 12.9. The van der Waals surface area contributed by atoms with Crippen LogP contribution in [0.3, 0.4) is 0 Å². The number of aryl methyl sites for hydroxylation is 1.